The van der Waals surface area contributed by atoms with Crippen LogP contribution in [0.5, 0.6) is 0 Å². The van der Waals surface area contributed by atoms with Crippen molar-refractivity contribution in [1.82, 2.24) is 5.32 Å². The van der Waals surface area contributed by atoms with E-state index in [1.165, 1.54) is 6.08 Å². The average Bonchev–Trinajstić information content (AvgIpc) is 1.82. The van der Waals surface area contributed by atoms with Gasteiger partial charge in [0.25, 0.3) is 5.91 Å². The number of carbonyl (C=O) groups is 2. The second-order valence-corrected chi connectivity index (χ2v) is 4.56. The molecule has 0 unspecified atom stereocenters. The van der Waals surface area contributed by atoms with Gasteiger partial charge < -0.3 is 0 Å². The molecular weight excluding hydrogens is 186 g/mol. The molecule has 0 saturated carbocycles. The van der Waals surface area contributed by atoms with E-state index in [0.717, 1.165) is 0 Å². The van der Waals surface area contributed by atoms with Crippen molar-refractivity contribution in [1.29, 1.82) is 0 Å². The quantitative estimate of drug-likeness (QED) is 0.499. The molecule has 0 spiro atoms. The lowest BCUT2D eigenvalue weighted by Crippen LogP contribution is -2.38. The first-order valence-corrected chi connectivity index (χ1v) is 4.41. The van der Waals surface area contributed by atoms with E-state index in [0.29, 0.717) is 4.91 Å². The zero-order valence-corrected chi connectivity index (χ0v) is 9.24. The maximum Gasteiger partial charge on any atom is 0.251 e. The van der Waals surface area contributed by atoms with E-state index in [9.17, 15) is 9.59 Å². The number of imide groups is 1. The molecule has 0 fully saturated rings. The first-order chi connectivity index (χ1) is 5.73. The normalized spacial score (nSPS) is 12.5. The van der Waals surface area contributed by atoms with Crippen LogP contribution in [0.15, 0.2) is 11.0 Å². The first-order valence-electron chi connectivity index (χ1n) is 3.96. The Morgan fingerprint density at radius 3 is 2.08 bits per heavy atom. The fourth-order valence-electron chi connectivity index (χ4n) is 0.525. The molecule has 4 heteroatoms. The van der Waals surface area contributed by atoms with Gasteiger partial charge in [-0.2, -0.15) is 0 Å². The number of hydrogen-bond donors (Lipinski definition) is 2. The highest BCUT2D eigenvalue weighted by molar-refractivity contribution is 7.84. The number of carbonyl (C=O) groups excluding carboxylic acids is 2. The second-order valence-electron chi connectivity index (χ2n) is 3.85. The molecule has 0 rings (SSSR count). The Kier molecular flexibility index (Phi) is 4.20. The summed E-state index contributed by atoms with van der Waals surface area (Å²) in [4.78, 5) is 22.9. The molecular formula is C9H15NO2S. The molecule has 0 aromatic heterocycles. The minimum absolute atomic E-state index is 0.289. The summed E-state index contributed by atoms with van der Waals surface area (Å²) >= 11 is 3.92. The monoisotopic (exact) mass is 201 g/mol. The van der Waals surface area contributed by atoms with Crippen LogP contribution in [-0.4, -0.2) is 11.8 Å². The van der Waals surface area contributed by atoms with Crippen molar-refractivity contribution in [2.75, 3.05) is 0 Å². The van der Waals surface area contributed by atoms with E-state index in [1.807, 2.05) is 0 Å². The predicted molar refractivity (Wildman–Crippen MR) is 55.3 cm³/mol. The van der Waals surface area contributed by atoms with E-state index in [-0.39, 0.29) is 5.91 Å². The van der Waals surface area contributed by atoms with Gasteiger partial charge in [-0.3, -0.25) is 14.9 Å². The van der Waals surface area contributed by atoms with Crippen LogP contribution in [-0.2, 0) is 9.59 Å². The van der Waals surface area contributed by atoms with Crippen molar-refractivity contribution < 1.29 is 9.59 Å². The third-order valence-electron chi connectivity index (χ3n) is 1.26. The van der Waals surface area contributed by atoms with E-state index in [4.69, 9.17) is 0 Å². The molecule has 0 aliphatic rings. The maximum absolute atomic E-state index is 11.3. The van der Waals surface area contributed by atoms with Crippen LogP contribution in [0.3, 0.4) is 0 Å². The summed E-state index contributed by atoms with van der Waals surface area (Å²) in [5.41, 5.74) is -0.548. The van der Waals surface area contributed by atoms with Crippen molar-refractivity contribution in [3.05, 3.63) is 11.0 Å². The van der Waals surface area contributed by atoms with E-state index in [2.05, 4.69) is 17.9 Å². The molecule has 1 N–H and O–H groups in total. The van der Waals surface area contributed by atoms with Crippen LogP contribution in [0, 0.1) is 5.41 Å². The highest BCUT2D eigenvalue weighted by Gasteiger charge is 2.22. The molecule has 0 radical (unpaired) electrons. The number of thiol groups is 1. The topological polar surface area (TPSA) is 46.2 Å². The molecule has 0 saturated heterocycles. The molecule has 0 aromatic rings. The summed E-state index contributed by atoms with van der Waals surface area (Å²) in [6.07, 6.45) is 1.27. The number of hydrogen-bond acceptors (Lipinski definition) is 3. The van der Waals surface area contributed by atoms with Crippen molar-refractivity contribution in [3.8, 4) is 0 Å². The summed E-state index contributed by atoms with van der Waals surface area (Å²) in [5.74, 6) is -0.712. The molecule has 0 bridgehead atoms. The van der Waals surface area contributed by atoms with Crippen LogP contribution in [0.25, 0.3) is 0 Å². The summed E-state index contributed by atoms with van der Waals surface area (Å²) in [6.45, 7) is 6.90. The molecule has 0 aliphatic carbocycles. The van der Waals surface area contributed by atoms with E-state index in [1.54, 1.807) is 27.7 Å². The smallest absolute Gasteiger partial charge is 0.251 e. The standard InChI is InChI=1S/C9H15NO2S/c1-6(13)5-7(11)10-8(12)9(2,3)4/h5,13H,1-4H3,(H,10,11,12). The number of allylic oxidation sites excluding steroid dienone is 1. The largest absolute Gasteiger partial charge is 0.292 e. The SMILES string of the molecule is CC(S)=CC(=O)NC(=O)C(C)(C)C. The highest BCUT2D eigenvalue weighted by Crippen LogP contribution is 2.12. The lowest BCUT2D eigenvalue weighted by molar-refractivity contribution is -0.133. The van der Waals surface area contributed by atoms with Gasteiger partial charge in [0, 0.05) is 11.5 Å². The lowest BCUT2D eigenvalue weighted by Gasteiger charge is -2.15. The Bertz CT molecular complexity index is 247. The molecule has 3 nitrogen and oxygen atoms in total. The molecule has 74 valence electrons. The van der Waals surface area contributed by atoms with E-state index >= 15 is 0 Å². The lowest BCUT2D eigenvalue weighted by atomic mass is 9.96. The number of rotatable bonds is 1. The van der Waals surface area contributed by atoms with Gasteiger partial charge in [0.05, 0.1) is 0 Å². The summed E-state index contributed by atoms with van der Waals surface area (Å²) in [7, 11) is 0. The molecule has 0 aliphatic heterocycles. The maximum atomic E-state index is 11.3. The van der Waals surface area contributed by atoms with Gasteiger partial charge in [0.2, 0.25) is 5.91 Å². The first kappa shape index (κ1) is 12.2. The van der Waals surface area contributed by atoms with Gasteiger partial charge in [-0.05, 0) is 11.8 Å². The summed E-state index contributed by atoms with van der Waals surface area (Å²) < 4.78 is 0. The van der Waals surface area contributed by atoms with Gasteiger partial charge in [-0.15, -0.1) is 12.6 Å². The molecule has 0 atom stereocenters. The predicted octanol–water partition coefficient (Wildman–Crippen LogP) is 1.51. The van der Waals surface area contributed by atoms with Gasteiger partial charge in [-0.1, -0.05) is 20.8 Å². The third kappa shape index (κ3) is 5.47. The van der Waals surface area contributed by atoms with Crippen LogP contribution in [0.1, 0.15) is 27.7 Å². The van der Waals surface area contributed by atoms with Crippen LogP contribution in [0.4, 0.5) is 0 Å². The average molecular weight is 201 g/mol. The Hall–Kier alpha value is -0.770. The Balaban J connectivity index is 4.25. The Morgan fingerprint density at radius 2 is 1.77 bits per heavy atom. The molecule has 2 amide bonds. The zero-order valence-electron chi connectivity index (χ0n) is 8.34. The summed E-state index contributed by atoms with van der Waals surface area (Å²) in [5, 5.41) is 2.25. The van der Waals surface area contributed by atoms with Crippen LogP contribution in [0.2, 0.25) is 0 Å². The van der Waals surface area contributed by atoms with E-state index < -0.39 is 11.3 Å². The van der Waals surface area contributed by atoms with Crippen molar-refractivity contribution in [2.45, 2.75) is 27.7 Å². The fraction of sp³-hybridized carbons (Fsp3) is 0.556. The van der Waals surface area contributed by atoms with Crippen LogP contribution >= 0.6 is 12.6 Å². The van der Waals surface area contributed by atoms with Crippen molar-refractivity contribution in [2.24, 2.45) is 5.41 Å². The fourth-order valence-corrected chi connectivity index (χ4v) is 0.642. The second kappa shape index (κ2) is 4.46. The minimum atomic E-state index is -0.548. The Morgan fingerprint density at radius 1 is 1.31 bits per heavy atom. The highest BCUT2D eigenvalue weighted by atomic mass is 32.1. The Labute approximate surface area is 84.0 Å². The van der Waals surface area contributed by atoms with Gasteiger partial charge >= 0.3 is 0 Å². The number of amides is 2. The third-order valence-corrected chi connectivity index (χ3v) is 1.39. The van der Waals surface area contributed by atoms with Gasteiger partial charge in [-0.25, -0.2) is 0 Å². The summed E-state index contributed by atoms with van der Waals surface area (Å²) in [6, 6.07) is 0. The molecule has 0 heterocycles. The van der Waals surface area contributed by atoms with Crippen LogP contribution < -0.4 is 5.32 Å². The minimum Gasteiger partial charge on any atom is -0.292 e. The number of nitrogens with one attached hydrogen (secondary N) is 1. The van der Waals surface area contributed by atoms with Gasteiger partial charge in [0.1, 0.15) is 0 Å². The van der Waals surface area contributed by atoms with Crippen molar-refractivity contribution in [3.63, 3.8) is 0 Å². The molecule has 0 aromatic carbocycles. The zero-order chi connectivity index (χ0) is 10.6. The molecule has 13 heavy (non-hydrogen) atoms. The van der Waals surface area contributed by atoms with Gasteiger partial charge in [0.15, 0.2) is 0 Å². The van der Waals surface area contributed by atoms with Crippen molar-refractivity contribution >= 4 is 24.4 Å².